The van der Waals surface area contributed by atoms with Crippen LogP contribution in [0.2, 0.25) is 0 Å². The third-order valence-corrected chi connectivity index (χ3v) is 8.41. The maximum Gasteiger partial charge on any atom is 0.165 e. The minimum Gasteiger partial charge on any atom is -0.487 e. The third kappa shape index (κ3) is 5.93. The molecule has 0 saturated heterocycles. The van der Waals surface area contributed by atoms with Crippen LogP contribution in [0.4, 0.5) is 4.39 Å². The Morgan fingerprint density at radius 1 is 0.871 bits per heavy atom. The first-order valence-electron chi connectivity index (χ1n) is 13.3. The van der Waals surface area contributed by atoms with Crippen molar-refractivity contribution in [2.75, 3.05) is 0 Å². The maximum absolute atomic E-state index is 14.7. The van der Waals surface area contributed by atoms with Crippen LogP contribution in [0.3, 0.4) is 0 Å². The molecule has 31 heavy (non-hydrogen) atoms. The van der Waals surface area contributed by atoms with Crippen LogP contribution >= 0.6 is 0 Å². The summed E-state index contributed by atoms with van der Waals surface area (Å²) in [5.41, 5.74) is 2.06. The minimum atomic E-state index is -0.180. The van der Waals surface area contributed by atoms with E-state index in [1.54, 1.807) is 6.07 Å². The molecule has 0 spiro atoms. The standard InChI is InChI=1S/C29H43FO/c1-3-5-21-9-13-24(14-10-21)25-15-11-22(12-16-25)7-8-23-19-26-17-18-27(6-4-2)31-29(26)28(30)20-23/h7-8,19-22,24-25,27H,3-6,9-18H2,1-2H3. The fourth-order valence-electron chi connectivity index (χ4n) is 6.57. The summed E-state index contributed by atoms with van der Waals surface area (Å²) < 4.78 is 20.6. The van der Waals surface area contributed by atoms with Gasteiger partial charge in [-0.1, -0.05) is 58.1 Å². The number of benzene rings is 1. The van der Waals surface area contributed by atoms with Crippen molar-refractivity contribution in [2.45, 2.75) is 110 Å². The molecular formula is C29H43FO. The summed E-state index contributed by atoms with van der Waals surface area (Å²) in [5.74, 6) is 3.96. The Kier molecular flexibility index (Phi) is 8.13. The molecule has 0 radical (unpaired) electrons. The molecule has 2 heteroatoms. The van der Waals surface area contributed by atoms with Crippen LogP contribution < -0.4 is 4.74 Å². The molecule has 1 atom stereocenters. The van der Waals surface area contributed by atoms with Crippen LogP contribution in [0.25, 0.3) is 6.08 Å². The molecule has 0 amide bonds. The number of rotatable bonds is 7. The fraction of sp³-hybridized carbons (Fsp3) is 0.724. The molecule has 2 fully saturated rings. The highest BCUT2D eigenvalue weighted by atomic mass is 19.1. The zero-order chi connectivity index (χ0) is 21.6. The van der Waals surface area contributed by atoms with Gasteiger partial charge in [-0.15, -0.1) is 0 Å². The Hall–Kier alpha value is -1.31. The van der Waals surface area contributed by atoms with E-state index in [9.17, 15) is 4.39 Å². The second kappa shape index (κ2) is 11.0. The van der Waals surface area contributed by atoms with Gasteiger partial charge in [0.05, 0.1) is 6.10 Å². The van der Waals surface area contributed by atoms with E-state index in [-0.39, 0.29) is 11.9 Å². The monoisotopic (exact) mass is 426 g/mol. The van der Waals surface area contributed by atoms with Crippen molar-refractivity contribution in [3.8, 4) is 5.75 Å². The molecule has 1 aliphatic heterocycles. The van der Waals surface area contributed by atoms with Crippen molar-refractivity contribution in [1.82, 2.24) is 0 Å². The quantitative estimate of drug-likeness (QED) is 0.423. The largest absolute Gasteiger partial charge is 0.487 e. The number of halogens is 1. The predicted octanol–water partition coefficient (Wildman–Crippen LogP) is 8.75. The van der Waals surface area contributed by atoms with Crippen LogP contribution in [0.5, 0.6) is 5.75 Å². The van der Waals surface area contributed by atoms with Crippen LogP contribution in [0, 0.1) is 29.5 Å². The van der Waals surface area contributed by atoms with Crippen molar-refractivity contribution in [1.29, 1.82) is 0 Å². The first kappa shape index (κ1) is 22.9. The Morgan fingerprint density at radius 3 is 2.23 bits per heavy atom. The van der Waals surface area contributed by atoms with Gasteiger partial charge in [-0.2, -0.15) is 0 Å². The molecule has 0 bridgehead atoms. The number of fused-ring (bicyclic) bond motifs is 1. The van der Waals surface area contributed by atoms with E-state index in [0.29, 0.717) is 11.7 Å². The zero-order valence-corrected chi connectivity index (χ0v) is 19.9. The Labute approximate surface area is 189 Å². The van der Waals surface area contributed by atoms with Gasteiger partial charge in [-0.05, 0) is 105 Å². The lowest BCUT2D eigenvalue weighted by molar-refractivity contribution is 0.152. The van der Waals surface area contributed by atoms with Crippen LogP contribution in [0.1, 0.15) is 108 Å². The lowest BCUT2D eigenvalue weighted by Gasteiger charge is -2.37. The molecule has 2 aliphatic carbocycles. The number of hydrogen-bond donors (Lipinski definition) is 0. The van der Waals surface area contributed by atoms with Gasteiger partial charge in [0.15, 0.2) is 11.6 Å². The molecular weight excluding hydrogens is 383 g/mol. The van der Waals surface area contributed by atoms with Gasteiger partial charge in [0, 0.05) is 0 Å². The second-order valence-corrected chi connectivity index (χ2v) is 10.7. The topological polar surface area (TPSA) is 9.23 Å². The van der Waals surface area contributed by atoms with Gasteiger partial charge < -0.3 is 4.74 Å². The predicted molar refractivity (Wildman–Crippen MR) is 129 cm³/mol. The van der Waals surface area contributed by atoms with E-state index in [4.69, 9.17) is 4.74 Å². The number of allylic oxidation sites excluding steroid dienone is 1. The van der Waals surface area contributed by atoms with Gasteiger partial charge in [0.2, 0.25) is 0 Å². The van der Waals surface area contributed by atoms with Crippen LogP contribution in [-0.2, 0) is 6.42 Å². The van der Waals surface area contributed by atoms with E-state index in [1.807, 2.05) is 0 Å². The van der Waals surface area contributed by atoms with E-state index in [2.05, 4.69) is 32.1 Å². The molecule has 1 aromatic rings. The molecule has 172 valence electrons. The van der Waals surface area contributed by atoms with Crippen molar-refractivity contribution < 1.29 is 9.13 Å². The first-order valence-corrected chi connectivity index (χ1v) is 13.3. The third-order valence-electron chi connectivity index (χ3n) is 8.41. The summed E-state index contributed by atoms with van der Waals surface area (Å²) in [7, 11) is 0. The molecule has 1 nitrogen and oxygen atoms in total. The van der Waals surface area contributed by atoms with Crippen LogP contribution in [0.15, 0.2) is 18.2 Å². The average molecular weight is 427 g/mol. The molecule has 2 saturated carbocycles. The average Bonchev–Trinajstić information content (AvgIpc) is 2.79. The van der Waals surface area contributed by atoms with E-state index in [1.165, 1.54) is 64.2 Å². The highest BCUT2D eigenvalue weighted by Crippen LogP contribution is 2.42. The van der Waals surface area contributed by atoms with Crippen molar-refractivity contribution in [3.05, 3.63) is 35.2 Å². The molecule has 3 aliphatic rings. The van der Waals surface area contributed by atoms with Gasteiger partial charge in [0.25, 0.3) is 0 Å². The molecule has 1 aromatic carbocycles. The summed E-state index contributed by atoms with van der Waals surface area (Å²) in [4.78, 5) is 0. The number of hydrogen-bond acceptors (Lipinski definition) is 1. The van der Waals surface area contributed by atoms with Gasteiger partial charge in [-0.25, -0.2) is 4.39 Å². The number of aryl methyl sites for hydroxylation is 1. The minimum absolute atomic E-state index is 0.180. The van der Waals surface area contributed by atoms with Gasteiger partial charge in [0.1, 0.15) is 0 Å². The van der Waals surface area contributed by atoms with E-state index < -0.39 is 0 Å². The SMILES string of the molecule is CCCC1CCC(C2CCC(C=Cc3cc(F)c4c(c3)CCC(CCC)O4)CC2)CC1. The smallest absolute Gasteiger partial charge is 0.165 e. The summed E-state index contributed by atoms with van der Waals surface area (Å²) in [6, 6.07) is 3.82. The van der Waals surface area contributed by atoms with E-state index >= 15 is 0 Å². The van der Waals surface area contributed by atoms with Gasteiger partial charge in [-0.3, -0.25) is 0 Å². The normalized spacial score (nSPS) is 31.4. The maximum atomic E-state index is 14.7. The summed E-state index contributed by atoms with van der Waals surface area (Å²) >= 11 is 0. The van der Waals surface area contributed by atoms with Crippen molar-refractivity contribution in [3.63, 3.8) is 0 Å². The van der Waals surface area contributed by atoms with Gasteiger partial charge >= 0.3 is 0 Å². The molecule has 1 heterocycles. The summed E-state index contributed by atoms with van der Waals surface area (Å²) in [5, 5.41) is 0. The Bertz CT molecular complexity index is 722. The second-order valence-electron chi connectivity index (χ2n) is 10.7. The molecule has 0 aromatic heterocycles. The lowest BCUT2D eigenvalue weighted by Crippen LogP contribution is -2.25. The summed E-state index contributed by atoms with van der Waals surface area (Å²) in [6.45, 7) is 4.49. The molecule has 1 unspecified atom stereocenters. The first-order chi connectivity index (χ1) is 15.2. The number of ether oxygens (including phenoxy) is 1. The van der Waals surface area contributed by atoms with Crippen molar-refractivity contribution in [2.24, 2.45) is 23.7 Å². The van der Waals surface area contributed by atoms with E-state index in [0.717, 1.165) is 54.6 Å². The summed E-state index contributed by atoms with van der Waals surface area (Å²) in [6.07, 6.45) is 22.9. The Morgan fingerprint density at radius 2 is 1.55 bits per heavy atom. The Balaban J connectivity index is 1.27. The van der Waals surface area contributed by atoms with Crippen LogP contribution in [-0.4, -0.2) is 6.10 Å². The fourth-order valence-corrected chi connectivity index (χ4v) is 6.57. The van der Waals surface area contributed by atoms with Crippen molar-refractivity contribution >= 4 is 6.08 Å². The zero-order valence-electron chi connectivity index (χ0n) is 19.9. The molecule has 0 N–H and O–H groups in total. The lowest BCUT2D eigenvalue weighted by atomic mass is 9.68. The molecule has 4 rings (SSSR count). The highest BCUT2D eigenvalue weighted by Gasteiger charge is 2.30. The highest BCUT2D eigenvalue weighted by molar-refractivity contribution is 5.54.